The molecule has 1 aliphatic heterocycles. The van der Waals surface area contributed by atoms with Crippen molar-refractivity contribution in [3.8, 4) is 11.3 Å². The van der Waals surface area contributed by atoms with E-state index >= 15 is 0 Å². The first-order valence-corrected chi connectivity index (χ1v) is 7.56. The number of benzene rings is 1. The molecule has 3 rings (SSSR count). The third kappa shape index (κ3) is 3.11. The molecule has 1 aromatic carbocycles. The zero-order chi connectivity index (χ0) is 13.8. The molecule has 1 unspecified atom stereocenters. The number of aromatic nitrogens is 1. The van der Waals surface area contributed by atoms with Crippen LogP contribution >= 0.6 is 15.9 Å². The Bertz CT molecular complexity index is 550. The van der Waals surface area contributed by atoms with Gasteiger partial charge in [0.15, 0.2) is 12.1 Å². The molecule has 0 spiro atoms. The monoisotopic (exact) mass is 337 g/mol. The van der Waals surface area contributed by atoms with Gasteiger partial charge in [-0.05, 0) is 35.2 Å². The standard InChI is InChI=1S/C15H16BrNO3/c16-14-12(10-19-13-8-4-5-9-18-13)17-20-15(14)11-6-2-1-3-7-11/h1-3,6-7,13H,4-5,8-10H2. The zero-order valence-electron chi connectivity index (χ0n) is 11.0. The number of nitrogens with zero attached hydrogens (tertiary/aromatic N) is 1. The quantitative estimate of drug-likeness (QED) is 0.840. The summed E-state index contributed by atoms with van der Waals surface area (Å²) in [5.74, 6) is 0.730. The predicted octanol–water partition coefficient (Wildman–Crippen LogP) is 4.15. The summed E-state index contributed by atoms with van der Waals surface area (Å²) in [6.07, 6.45) is 3.10. The van der Waals surface area contributed by atoms with Crippen LogP contribution in [0.1, 0.15) is 25.0 Å². The second kappa shape index (κ2) is 6.52. The summed E-state index contributed by atoms with van der Waals surface area (Å²) in [5, 5.41) is 4.07. The van der Waals surface area contributed by atoms with Gasteiger partial charge in [-0.2, -0.15) is 0 Å². The third-order valence-electron chi connectivity index (χ3n) is 3.28. The molecule has 20 heavy (non-hydrogen) atoms. The topological polar surface area (TPSA) is 44.5 Å². The fourth-order valence-electron chi connectivity index (χ4n) is 2.19. The van der Waals surface area contributed by atoms with Crippen LogP contribution in [0.5, 0.6) is 0 Å². The van der Waals surface area contributed by atoms with Crippen molar-refractivity contribution < 1.29 is 14.0 Å². The molecule has 2 heterocycles. The van der Waals surface area contributed by atoms with Crippen molar-refractivity contribution in [3.05, 3.63) is 40.5 Å². The highest BCUT2D eigenvalue weighted by atomic mass is 79.9. The molecular formula is C15H16BrNO3. The van der Waals surface area contributed by atoms with Crippen molar-refractivity contribution in [2.45, 2.75) is 32.2 Å². The van der Waals surface area contributed by atoms with Gasteiger partial charge in [0.25, 0.3) is 0 Å². The van der Waals surface area contributed by atoms with Gasteiger partial charge in [-0.3, -0.25) is 0 Å². The molecule has 106 valence electrons. The molecule has 0 amide bonds. The number of ether oxygens (including phenoxy) is 2. The van der Waals surface area contributed by atoms with E-state index in [0.717, 1.165) is 47.4 Å². The van der Waals surface area contributed by atoms with Gasteiger partial charge in [0, 0.05) is 12.2 Å². The average molecular weight is 338 g/mol. The Morgan fingerprint density at radius 3 is 2.85 bits per heavy atom. The van der Waals surface area contributed by atoms with Gasteiger partial charge in [-0.25, -0.2) is 0 Å². The van der Waals surface area contributed by atoms with Crippen LogP contribution in [-0.2, 0) is 16.1 Å². The molecule has 0 saturated carbocycles. The minimum Gasteiger partial charge on any atom is -0.355 e. The highest BCUT2D eigenvalue weighted by Gasteiger charge is 2.19. The second-order valence-electron chi connectivity index (χ2n) is 4.75. The van der Waals surface area contributed by atoms with Gasteiger partial charge in [0.05, 0.1) is 11.1 Å². The minimum absolute atomic E-state index is 0.118. The highest BCUT2D eigenvalue weighted by Crippen LogP contribution is 2.31. The van der Waals surface area contributed by atoms with Gasteiger partial charge in [0.2, 0.25) is 0 Å². The summed E-state index contributed by atoms with van der Waals surface area (Å²) in [5.41, 5.74) is 1.75. The zero-order valence-corrected chi connectivity index (χ0v) is 12.6. The molecular weight excluding hydrogens is 322 g/mol. The summed E-state index contributed by atoms with van der Waals surface area (Å²) in [6.45, 7) is 1.17. The molecule has 1 aliphatic rings. The maximum atomic E-state index is 5.72. The van der Waals surface area contributed by atoms with Gasteiger partial charge >= 0.3 is 0 Å². The molecule has 0 bridgehead atoms. The van der Waals surface area contributed by atoms with E-state index in [4.69, 9.17) is 14.0 Å². The summed E-state index contributed by atoms with van der Waals surface area (Å²) >= 11 is 3.54. The van der Waals surface area contributed by atoms with Gasteiger partial charge in [-0.15, -0.1) is 0 Å². The Hall–Kier alpha value is -1.17. The Labute approximate surface area is 126 Å². The van der Waals surface area contributed by atoms with Gasteiger partial charge in [0.1, 0.15) is 5.69 Å². The van der Waals surface area contributed by atoms with Crippen LogP contribution in [0, 0.1) is 0 Å². The summed E-state index contributed by atoms with van der Waals surface area (Å²) < 4.78 is 17.5. The molecule has 5 heteroatoms. The van der Waals surface area contributed by atoms with E-state index in [1.165, 1.54) is 0 Å². The predicted molar refractivity (Wildman–Crippen MR) is 78.0 cm³/mol. The normalized spacial score (nSPS) is 19.1. The summed E-state index contributed by atoms with van der Waals surface area (Å²) in [4.78, 5) is 0. The smallest absolute Gasteiger partial charge is 0.181 e. The average Bonchev–Trinajstić information content (AvgIpc) is 2.88. The van der Waals surface area contributed by atoms with E-state index in [1.807, 2.05) is 30.3 Å². The van der Waals surface area contributed by atoms with E-state index < -0.39 is 0 Å². The SMILES string of the molecule is Brc1c(COC2CCCCO2)noc1-c1ccccc1. The van der Waals surface area contributed by atoms with E-state index in [0.29, 0.717) is 6.61 Å². The Morgan fingerprint density at radius 2 is 2.10 bits per heavy atom. The highest BCUT2D eigenvalue weighted by molar-refractivity contribution is 9.10. The number of hydrogen-bond donors (Lipinski definition) is 0. The molecule has 4 nitrogen and oxygen atoms in total. The number of rotatable bonds is 4. The lowest BCUT2D eigenvalue weighted by molar-refractivity contribution is -0.169. The fraction of sp³-hybridized carbons (Fsp3) is 0.400. The summed E-state index contributed by atoms with van der Waals surface area (Å²) in [7, 11) is 0. The van der Waals surface area contributed by atoms with Crippen LogP contribution in [0.3, 0.4) is 0 Å². The first-order valence-electron chi connectivity index (χ1n) is 6.77. The maximum absolute atomic E-state index is 5.72. The van der Waals surface area contributed by atoms with Crippen LogP contribution in [-0.4, -0.2) is 18.1 Å². The molecule has 2 aromatic rings. The van der Waals surface area contributed by atoms with Crippen LogP contribution in [0.15, 0.2) is 39.3 Å². The van der Waals surface area contributed by atoms with E-state index in [-0.39, 0.29) is 6.29 Å². The van der Waals surface area contributed by atoms with E-state index in [9.17, 15) is 0 Å². The molecule has 1 atom stereocenters. The van der Waals surface area contributed by atoms with Crippen molar-refractivity contribution in [1.82, 2.24) is 5.16 Å². The Kier molecular flexibility index (Phi) is 4.50. The molecule has 1 saturated heterocycles. The van der Waals surface area contributed by atoms with E-state index in [1.54, 1.807) is 0 Å². The molecule has 0 radical (unpaired) electrons. The van der Waals surface area contributed by atoms with Crippen LogP contribution in [0.4, 0.5) is 0 Å². The number of halogens is 1. The van der Waals surface area contributed by atoms with Gasteiger partial charge in [-0.1, -0.05) is 35.5 Å². The van der Waals surface area contributed by atoms with Crippen molar-refractivity contribution in [3.63, 3.8) is 0 Å². The molecule has 0 aliphatic carbocycles. The van der Waals surface area contributed by atoms with Crippen LogP contribution < -0.4 is 0 Å². The maximum Gasteiger partial charge on any atom is 0.181 e. The largest absolute Gasteiger partial charge is 0.355 e. The van der Waals surface area contributed by atoms with Crippen LogP contribution in [0.2, 0.25) is 0 Å². The molecule has 1 fully saturated rings. The Balaban J connectivity index is 1.67. The lowest BCUT2D eigenvalue weighted by Gasteiger charge is -2.22. The second-order valence-corrected chi connectivity index (χ2v) is 5.54. The lowest BCUT2D eigenvalue weighted by Crippen LogP contribution is -2.22. The van der Waals surface area contributed by atoms with Gasteiger partial charge < -0.3 is 14.0 Å². The fourth-order valence-corrected chi connectivity index (χ4v) is 2.67. The Morgan fingerprint density at radius 1 is 1.25 bits per heavy atom. The first-order chi connectivity index (χ1) is 9.84. The molecule has 0 N–H and O–H groups in total. The van der Waals surface area contributed by atoms with Crippen molar-refractivity contribution in [1.29, 1.82) is 0 Å². The third-order valence-corrected chi connectivity index (χ3v) is 4.10. The van der Waals surface area contributed by atoms with Crippen molar-refractivity contribution in [2.75, 3.05) is 6.61 Å². The lowest BCUT2D eigenvalue weighted by atomic mass is 10.2. The van der Waals surface area contributed by atoms with E-state index in [2.05, 4.69) is 21.1 Å². The molecule has 1 aromatic heterocycles. The summed E-state index contributed by atoms with van der Waals surface area (Å²) in [6, 6.07) is 9.88. The number of hydrogen-bond acceptors (Lipinski definition) is 4. The minimum atomic E-state index is -0.118. The van der Waals surface area contributed by atoms with Crippen LogP contribution in [0.25, 0.3) is 11.3 Å². The van der Waals surface area contributed by atoms with Crippen molar-refractivity contribution in [2.24, 2.45) is 0 Å². The first kappa shape index (κ1) is 13.8. The van der Waals surface area contributed by atoms with Crippen molar-refractivity contribution >= 4 is 15.9 Å².